The Morgan fingerprint density at radius 1 is 1.05 bits per heavy atom. The molecule has 40 heavy (non-hydrogen) atoms. The summed E-state index contributed by atoms with van der Waals surface area (Å²) in [5.41, 5.74) is 4.79. The summed E-state index contributed by atoms with van der Waals surface area (Å²) in [4.78, 5) is 26.7. The highest BCUT2D eigenvalue weighted by atomic mass is 16.5. The number of hydrogen-bond acceptors (Lipinski definition) is 9. The Hall–Kier alpha value is -3.93. The van der Waals surface area contributed by atoms with E-state index in [0.29, 0.717) is 54.9 Å². The van der Waals surface area contributed by atoms with Gasteiger partial charge in [-0.25, -0.2) is 5.48 Å². The Bertz CT molecular complexity index is 1310. The van der Waals surface area contributed by atoms with E-state index in [4.69, 9.17) is 14.5 Å². The topological polar surface area (TPSA) is 157 Å². The van der Waals surface area contributed by atoms with Crippen LogP contribution in [0.4, 0.5) is 0 Å². The highest BCUT2D eigenvalue weighted by molar-refractivity contribution is 6.02. The zero-order valence-electron chi connectivity index (χ0n) is 22.8. The Balaban J connectivity index is 1.64. The van der Waals surface area contributed by atoms with E-state index in [2.05, 4.69) is 15.4 Å². The maximum atomic E-state index is 13.2. The number of hydrogen-bond donors (Lipinski definition) is 5. The summed E-state index contributed by atoms with van der Waals surface area (Å²) >= 11 is 0. The molecule has 0 unspecified atom stereocenters. The maximum absolute atomic E-state index is 13.2. The van der Waals surface area contributed by atoms with Gasteiger partial charge >= 0.3 is 0 Å². The molecule has 2 aromatic carbocycles. The van der Waals surface area contributed by atoms with E-state index in [0.717, 1.165) is 25.2 Å². The van der Waals surface area contributed by atoms with Gasteiger partial charge in [0.05, 0.1) is 24.3 Å². The summed E-state index contributed by atoms with van der Waals surface area (Å²) in [5.74, 6) is -0.987. The molecule has 1 saturated heterocycles. The summed E-state index contributed by atoms with van der Waals surface area (Å²) in [5, 5.41) is 36.6. The quantitative estimate of drug-likeness (QED) is 0.136. The Morgan fingerprint density at radius 2 is 1.77 bits per heavy atom. The molecule has 2 amide bonds. The first-order valence-electron chi connectivity index (χ1n) is 13.4. The Morgan fingerprint density at radius 3 is 2.45 bits per heavy atom. The second-order valence-corrected chi connectivity index (χ2v) is 10.2. The lowest BCUT2D eigenvalue weighted by Gasteiger charge is -2.26. The third-order valence-corrected chi connectivity index (χ3v) is 6.91. The monoisotopic (exact) mass is 552 g/mol. The van der Waals surface area contributed by atoms with Crippen LogP contribution in [0.5, 0.6) is 11.5 Å². The number of ether oxygens (including phenoxy) is 1. The molecule has 1 aliphatic rings. The number of unbranched alkanes of at least 4 members (excludes halogenated alkanes) is 1. The van der Waals surface area contributed by atoms with Crippen molar-refractivity contribution < 1.29 is 34.3 Å². The van der Waals surface area contributed by atoms with Crippen molar-refractivity contribution in [2.75, 3.05) is 32.8 Å². The number of aromatic nitrogens is 1. The fourth-order valence-electron chi connectivity index (χ4n) is 4.68. The minimum absolute atomic E-state index is 0.0270. The smallest absolute Gasteiger partial charge is 0.274 e. The van der Waals surface area contributed by atoms with Gasteiger partial charge < -0.3 is 24.8 Å². The second kappa shape index (κ2) is 13.4. The SMILES string of the molecule is CC(C)c1cc(-c2onc(C(=O)NCCCCC(=O)NO)c2-c2ccc(CN3CCOCC3)cc2)c(O)cc1O. The van der Waals surface area contributed by atoms with Gasteiger partial charge in [0.15, 0.2) is 11.5 Å². The molecule has 4 rings (SSSR count). The molecule has 3 aromatic rings. The molecular formula is C29H36N4O7. The Labute approximate surface area is 232 Å². The number of phenols is 2. The van der Waals surface area contributed by atoms with Gasteiger partial charge in [0.1, 0.15) is 11.5 Å². The van der Waals surface area contributed by atoms with Gasteiger partial charge in [-0.3, -0.25) is 19.7 Å². The molecule has 214 valence electrons. The van der Waals surface area contributed by atoms with Gasteiger partial charge in [-0.1, -0.05) is 43.3 Å². The van der Waals surface area contributed by atoms with Gasteiger partial charge in [-0.2, -0.15) is 0 Å². The number of morpholine rings is 1. The first-order chi connectivity index (χ1) is 19.3. The van der Waals surface area contributed by atoms with Gasteiger partial charge in [-0.05, 0) is 41.5 Å². The number of phenolic OH excluding ortho intramolecular Hbond substituents is 2. The van der Waals surface area contributed by atoms with E-state index in [1.807, 2.05) is 38.1 Å². The molecule has 1 fully saturated rings. The van der Waals surface area contributed by atoms with Gasteiger partial charge in [0, 0.05) is 38.7 Å². The molecule has 11 nitrogen and oxygen atoms in total. The van der Waals surface area contributed by atoms with Gasteiger partial charge in [-0.15, -0.1) is 0 Å². The fraction of sp³-hybridized carbons (Fsp3) is 0.414. The standard InChI is InChI=1S/C29H36N4O7/c1-18(2)21-15-22(24(35)16-23(21)34)28-26(20-8-6-19(7-9-20)17-33-11-13-39-14-12-33)27(32-40-28)29(37)30-10-4-3-5-25(36)31-38/h6-9,15-16,18,34-35,38H,3-5,10-14,17H2,1-2H3,(H,30,37)(H,31,36). The van der Waals surface area contributed by atoms with E-state index in [9.17, 15) is 19.8 Å². The number of rotatable bonds is 11. The zero-order valence-corrected chi connectivity index (χ0v) is 22.8. The molecule has 0 spiro atoms. The van der Waals surface area contributed by atoms with E-state index < -0.39 is 11.8 Å². The summed E-state index contributed by atoms with van der Waals surface area (Å²) in [6.45, 7) is 8.07. The number of nitrogens with zero attached hydrogens (tertiary/aromatic N) is 2. The number of nitrogens with one attached hydrogen (secondary N) is 2. The average molecular weight is 553 g/mol. The van der Waals surface area contributed by atoms with Crippen molar-refractivity contribution in [3.63, 3.8) is 0 Å². The van der Waals surface area contributed by atoms with E-state index in [1.165, 1.54) is 6.07 Å². The molecule has 0 bridgehead atoms. The van der Waals surface area contributed by atoms with Crippen LogP contribution in [0.25, 0.3) is 22.5 Å². The lowest BCUT2D eigenvalue weighted by atomic mass is 9.94. The molecule has 0 radical (unpaired) electrons. The zero-order chi connectivity index (χ0) is 28.6. The molecule has 5 N–H and O–H groups in total. The Kier molecular flexibility index (Phi) is 9.75. The van der Waals surface area contributed by atoms with Crippen LogP contribution in [-0.4, -0.2) is 70.1 Å². The average Bonchev–Trinajstić information content (AvgIpc) is 3.38. The molecule has 2 heterocycles. The van der Waals surface area contributed by atoms with Crippen molar-refractivity contribution in [3.05, 3.63) is 53.2 Å². The minimum Gasteiger partial charge on any atom is -0.508 e. The molecule has 11 heteroatoms. The third-order valence-electron chi connectivity index (χ3n) is 6.91. The molecule has 0 atom stereocenters. The number of hydroxylamine groups is 1. The van der Waals surface area contributed by atoms with Crippen molar-refractivity contribution in [2.45, 2.75) is 45.6 Å². The predicted molar refractivity (Wildman–Crippen MR) is 147 cm³/mol. The highest BCUT2D eigenvalue weighted by Crippen LogP contribution is 2.43. The number of carbonyl (C=O) groups is 2. The fourth-order valence-corrected chi connectivity index (χ4v) is 4.68. The van der Waals surface area contributed by atoms with Crippen LogP contribution in [0, 0.1) is 0 Å². The van der Waals surface area contributed by atoms with Crippen LogP contribution in [0.2, 0.25) is 0 Å². The first kappa shape index (κ1) is 29.1. The highest BCUT2D eigenvalue weighted by Gasteiger charge is 2.27. The van der Waals surface area contributed by atoms with Crippen molar-refractivity contribution in [1.29, 1.82) is 0 Å². The maximum Gasteiger partial charge on any atom is 0.274 e. The van der Waals surface area contributed by atoms with Crippen LogP contribution in [0.1, 0.15) is 60.6 Å². The molecular weight excluding hydrogens is 516 g/mol. The predicted octanol–water partition coefficient (Wildman–Crippen LogP) is 3.78. The lowest BCUT2D eigenvalue weighted by Crippen LogP contribution is -2.35. The van der Waals surface area contributed by atoms with Crippen LogP contribution >= 0.6 is 0 Å². The van der Waals surface area contributed by atoms with Gasteiger partial charge in [0.2, 0.25) is 5.91 Å². The summed E-state index contributed by atoms with van der Waals surface area (Å²) in [7, 11) is 0. The molecule has 1 aliphatic heterocycles. The van der Waals surface area contributed by atoms with E-state index in [1.54, 1.807) is 11.5 Å². The summed E-state index contributed by atoms with van der Waals surface area (Å²) < 4.78 is 11.1. The normalized spacial score (nSPS) is 13.9. The second-order valence-electron chi connectivity index (χ2n) is 10.2. The molecule has 0 saturated carbocycles. The van der Waals surface area contributed by atoms with Crippen LogP contribution in [-0.2, 0) is 16.1 Å². The third kappa shape index (κ3) is 6.98. The van der Waals surface area contributed by atoms with Crippen molar-refractivity contribution >= 4 is 11.8 Å². The van der Waals surface area contributed by atoms with Crippen molar-refractivity contribution in [3.8, 4) is 33.9 Å². The number of amides is 2. The molecule has 1 aromatic heterocycles. The number of benzene rings is 2. The first-order valence-corrected chi connectivity index (χ1v) is 13.4. The lowest BCUT2D eigenvalue weighted by molar-refractivity contribution is -0.129. The van der Waals surface area contributed by atoms with Crippen LogP contribution < -0.4 is 10.8 Å². The number of carbonyl (C=O) groups excluding carboxylic acids is 2. The van der Waals surface area contributed by atoms with E-state index >= 15 is 0 Å². The summed E-state index contributed by atoms with van der Waals surface area (Å²) in [6, 6.07) is 10.7. The van der Waals surface area contributed by atoms with Crippen molar-refractivity contribution in [2.24, 2.45) is 0 Å². The van der Waals surface area contributed by atoms with E-state index in [-0.39, 0.29) is 35.3 Å². The molecule has 0 aliphatic carbocycles. The minimum atomic E-state index is -0.485. The van der Waals surface area contributed by atoms with Crippen LogP contribution in [0.3, 0.4) is 0 Å². The van der Waals surface area contributed by atoms with Gasteiger partial charge in [0.25, 0.3) is 5.91 Å². The summed E-state index contributed by atoms with van der Waals surface area (Å²) in [6.07, 6.45) is 1.14. The largest absolute Gasteiger partial charge is 0.508 e. The van der Waals surface area contributed by atoms with Crippen molar-refractivity contribution in [1.82, 2.24) is 20.9 Å². The number of aromatic hydroxyl groups is 2. The van der Waals surface area contributed by atoms with Crippen LogP contribution in [0.15, 0.2) is 40.9 Å².